The minimum absolute atomic E-state index is 0. The molecule has 0 aliphatic carbocycles. The second kappa shape index (κ2) is 79.9. The van der Waals surface area contributed by atoms with E-state index in [1.807, 2.05) is 0 Å². The van der Waals surface area contributed by atoms with Gasteiger partial charge < -0.3 is 21.9 Å². The second-order valence-electron chi connectivity index (χ2n) is 0. The molecule has 0 bridgehead atoms. The molecule has 0 amide bonds. The van der Waals surface area contributed by atoms with Crippen molar-refractivity contribution < 1.29 is 43.6 Å². The molecule has 0 spiro atoms. The van der Waals surface area contributed by atoms with Gasteiger partial charge in [0, 0.05) is 76.3 Å². The Morgan fingerprint density at radius 2 is 0.429 bits per heavy atom. The molecular formula is H4O4Pb2Ti-4. The van der Waals surface area contributed by atoms with Crippen LogP contribution in [-0.4, -0.2) is 76.5 Å². The third kappa shape index (κ3) is 59.8. The van der Waals surface area contributed by atoms with Crippen LogP contribution in [0, 0.1) is 0 Å². The van der Waals surface area contributed by atoms with Gasteiger partial charge in [0.2, 0.25) is 0 Å². The first-order valence-corrected chi connectivity index (χ1v) is 0. The average molecular weight is 530 g/mol. The summed E-state index contributed by atoms with van der Waals surface area (Å²) in [6.07, 6.45) is 0. The summed E-state index contributed by atoms with van der Waals surface area (Å²) in [6, 6.07) is 0. The predicted molar refractivity (Wildman–Crippen MR) is 19.3 cm³/mol. The molecule has 4 nitrogen and oxygen atoms in total. The Morgan fingerprint density at radius 3 is 0.429 bits per heavy atom. The first-order valence-electron chi connectivity index (χ1n) is 0. The molecule has 0 unspecified atom stereocenters. The summed E-state index contributed by atoms with van der Waals surface area (Å²) in [7, 11) is 0. The van der Waals surface area contributed by atoms with Gasteiger partial charge in [-0.05, 0) is 0 Å². The van der Waals surface area contributed by atoms with E-state index in [4.69, 9.17) is 0 Å². The zero-order chi connectivity index (χ0) is 0. The Morgan fingerprint density at radius 1 is 0.429 bits per heavy atom. The number of hydrogen-bond acceptors (Lipinski definition) is 4. The largest absolute Gasteiger partial charge is 0.870 e. The summed E-state index contributed by atoms with van der Waals surface area (Å²) < 4.78 is 0. The van der Waals surface area contributed by atoms with E-state index in [0.717, 1.165) is 0 Å². The van der Waals surface area contributed by atoms with Gasteiger partial charge in [-0.2, -0.15) is 0 Å². The fourth-order valence-electron chi connectivity index (χ4n) is 0. The Kier molecular flexibility index (Phi) is 1320. The molecule has 0 aromatic rings. The third-order valence-corrected chi connectivity index (χ3v) is 0. The van der Waals surface area contributed by atoms with E-state index in [-0.39, 0.29) is 98.2 Å². The summed E-state index contributed by atoms with van der Waals surface area (Å²) >= 11 is 0. The van der Waals surface area contributed by atoms with Crippen LogP contribution in [0.2, 0.25) is 0 Å². The van der Waals surface area contributed by atoms with Crippen molar-refractivity contribution in [3.05, 3.63) is 0 Å². The van der Waals surface area contributed by atoms with Gasteiger partial charge in [0.1, 0.15) is 0 Å². The Hall–Kier alpha value is 2.40. The third-order valence-electron chi connectivity index (χ3n) is 0. The van der Waals surface area contributed by atoms with Crippen molar-refractivity contribution in [1.82, 2.24) is 0 Å². The van der Waals surface area contributed by atoms with Gasteiger partial charge in [-0.15, -0.1) is 0 Å². The summed E-state index contributed by atoms with van der Waals surface area (Å²) in [5, 5.41) is 0. The van der Waals surface area contributed by atoms with Crippen molar-refractivity contribution >= 4 is 54.6 Å². The maximum Gasteiger partial charge on any atom is 0 e. The first-order chi connectivity index (χ1) is 0. The van der Waals surface area contributed by atoms with Crippen LogP contribution in [0.5, 0.6) is 0 Å². The average Bonchev–Trinajstić information content (AvgIpc) is 0. The zero-order valence-electron chi connectivity index (χ0n) is 3.29. The SMILES string of the molecule is [OH-].[OH-].[OH-].[OH-].[Pb].[Pb].[Ti]. The normalized spacial score (nSPS) is 0. The summed E-state index contributed by atoms with van der Waals surface area (Å²) in [4.78, 5) is 0. The van der Waals surface area contributed by atoms with Crippen LogP contribution < -0.4 is 0 Å². The van der Waals surface area contributed by atoms with Gasteiger partial charge in [0.05, 0.1) is 0 Å². The molecule has 0 saturated heterocycles. The molecule has 8 radical (unpaired) electrons. The fraction of sp³-hybridized carbons (Fsp3) is 0. The predicted octanol–water partition coefficient (Wildman–Crippen LogP) is -1.47. The van der Waals surface area contributed by atoms with E-state index in [0.29, 0.717) is 0 Å². The van der Waals surface area contributed by atoms with Crippen molar-refractivity contribution in [3.8, 4) is 0 Å². The van der Waals surface area contributed by atoms with Gasteiger partial charge in [0.15, 0.2) is 0 Å². The van der Waals surface area contributed by atoms with Gasteiger partial charge in [-0.1, -0.05) is 0 Å². The van der Waals surface area contributed by atoms with Gasteiger partial charge in [-0.25, -0.2) is 0 Å². The Balaban J connectivity index is 0. The van der Waals surface area contributed by atoms with Gasteiger partial charge in [-0.3, -0.25) is 0 Å². The molecule has 0 aliphatic rings. The second-order valence-corrected chi connectivity index (χ2v) is 0. The first kappa shape index (κ1) is 115. The molecule has 0 aromatic carbocycles. The topological polar surface area (TPSA) is 120 Å². The van der Waals surface area contributed by atoms with E-state index in [2.05, 4.69) is 0 Å². The minimum atomic E-state index is 0. The summed E-state index contributed by atoms with van der Waals surface area (Å²) in [5.74, 6) is 0. The molecule has 7 heavy (non-hydrogen) atoms. The molecule has 44 valence electrons. The quantitative estimate of drug-likeness (QED) is 0.355. The molecule has 0 rings (SSSR count). The van der Waals surface area contributed by atoms with E-state index in [1.54, 1.807) is 0 Å². The van der Waals surface area contributed by atoms with Crippen LogP contribution in [0.25, 0.3) is 0 Å². The van der Waals surface area contributed by atoms with E-state index in [9.17, 15) is 0 Å². The molecule has 0 fully saturated rings. The molecule has 0 aromatic heterocycles. The van der Waals surface area contributed by atoms with Crippen molar-refractivity contribution in [3.63, 3.8) is 0 Å². The number of hydrogen-bond donors (Lipinski definition) is 0. The van der Waals surface area contributed by atoms with Crippen molar-refractivity contribution in [2.45, 2.75) is 0 Å². The van der Waals surface area contributed by atoms with E-state index >= 15 is 0 Å². The van der Waals surface area contributed by atoms with Gasteiger partial charge in [0.25, 0.3) is 0 Å². The Bertz CT molecular complexity index is 9.65. The van der Waals surface area contributed by atoms with E-state index in [1.165, 1.54) is 0 Å². The fourth-order valence-corrected chi connectivity index (χ4v) is 0. The Labute approximate surface area is 96.9 Å². The minimum Gasteiger partial charge on any atom is -0.870 e. The van der Waals surface area contributed by atoms with Crippen LogP contribution in [0.15, 0.2) is 0 Å². The van der Waals surface area contributed by atoms with Crippen molar-refractivity contribution in [2.75, 3.05) is 0 Å². The smallest absolute Gasteiger partial charge is 0 e. The summed E-state index contributed by atoms with van der Waals surface area (Å²) in [5.41, 5.74) is 0. The van der Waals surface area contributed by atoms with E-state index < -0.39 is 0 Å². The van der Waals surface area contributed by atoms with Crippen LogP contribution in [-0.2, 0) is 21.7 Å². The van der Waals surface area contributed by atoms with Crippen LogP contribution in [0.4, 0.5) is 0 Å². The molecule has 7 heteroatoms. The molecule has 0 saturated carbocycles. The molecule has 4 N–H and O–H groups in total. The molecule has 0 heterocycles. The van der Waals surface area contributed by atoms with Crippen molar-refractivity contribution in [2.24, 2.45) is 0 Å². The maximum absolute atomic E-state index is 0. The van der Waals surface area contributed by atoms with Crippen LogP contribution in [0.3, 0.4) is 0 Å². The standard InChI is InChI=1S/4H2O.2Pb.Ti/h4*1H2;;;/p-4. The molecule has 0 atom stereocenters. The maximum atomic E-state index is 0. The zero-order valence-corrected chi connectivity index (χ0v) is 12.6. The van der Waals surface area contributed by atoms with Crippen molar-refractivity contribution in [1.29, 1.82) is 0 Å². The summed E-state index contributed by atoms with van der Waals surface area (Å²) in [6.45, 7) is 0. The monoisotopic (exact) mass is 532 g/mol. The molecule has 0 aliphatic heterocycles. The van der Waals surface area contributed by atoms with Crippen LogP contribution >= 0.6 is 0 Å². The molecular weight excluding hydrogens is 526 g/mol. The van der Waals surface area contributed by atoms with Gasteiger partial charge >= 0.3 is 0 Å². The van der Waals surface area contributed by atoms with Crippen LogP contribution in [0.1, 0.15) is 0 Å². The number of rotatable bonds is 0.